The van der Waals surface area contributed by atoms with Crippen LogP contribution in [0.1, 0.15) is 63.5 Å². The monoisotopic (exact) mass is 506 g/mol. The van der Waals surface area contributed by atoms with Crippen molar-refractivity contribution in [2.24, 2.45) is 5.73 Å². The molecule has 0 fully saturated rings. The Balaban J connectivity index is 0.000000614. The first-order valence-electron chi connectivity index (χ1n) is 11.6. The molecule has 200 valence electrons. The van der Waals surface area contributed by atoms with E-state index in [9.17, 15) is 14.4 Å². The molecule has 2 N–H and O–H groups in total. The Hall–Kier alpha value is -3.82. The number of rotatable bonds is 10. The molecule has 1 amide bonds. The zero-order valence-electron chi connectivity index (χ0n) is 22.2. The molecule has 0 saturated heterocycles. The highest BCUT2D eigenvalue weighted by molar-refractivity contribution is 5.94. The van der Waals surface area contributed by atoms with Gasteiger partial charge in [-0.3, -0.25) is 14.4 Å². The fraction of sp³-hybridized carbons (Fsp3) is 0.462. The Morgan fingerprint density at radius 2 is 1.64 bits per heavy atom. The van der Waals surface area contributed by atoms with E-state index >= 15 is 0 Å². The van der Waals surface area contributed by atoms with E-state index < -0.39 is 11.9 Å². The summed E-state index contributed by atoms with van der Waals surface area (Å²) in [6, 6.07) is 9.29. The van der Waals surface area contributed by atoms with Gasteiger partial charge in [-0.05, 0) is 26.0 Å². The van der Waals surface area contributed by atoms with Crippen molar-refractivity contribution in [1.82, 2.24) is 4.98 Å². The van der Waals surface area contributed by atoms with Crippen LogP contribution >= 0.6 is 0 Å². The average molecular weight is 507 g/mol. The number of carbonyl (C=O) groups excluding carboxylic acids is 3. The highest BCUT2D eigenvalue weighted by atomic mass is 16.7. The van der Waals surface area contributed by atoms with E-state index in [0.717, 1.165) is 5.75 Å². The first kappa shape index (κ1) is 32.2. The summed E-state index contributed by atoms with van der Waals surface area (Å²) in [5, 5.41) is 0. The number of methoxy groups -OCH3 is 1. The van der Waals surface area contributed by atoms with Gasteiger partial charge in [-0.25, -0.2) is 4.98 Å². The number of aryl methyl sites for hydroxylation is 1. The molecule has 1 heterocycles. The van der Waals surface area contributed by atoms with Crippen molar-refractivity contribution >= 4 is 17.8 Å². The largest absolute Gasteiger partial charge is 0.493 e. The minimum Gasteiger partial charge on any atom is -0.493 e. The van der Waals surface area contributed by atoms with Crippen LogP contribution in [0.3, 0.4) is 0 Å². The van der Waals surface area contributed by atoms with Crippen LogP contribution in [0.15, 0.2) is 36.5 Å². The maximum absolute atomic E-state index is 11.1. The lowest BCUT2D eigenvalue weighted by Gasteiger charge is -2.14. The number of nitrogens with zero attached hydrogens (tertiary/aromatic N) is 1. The maximum atomic E-state index is 11.1. The average Bonchev–Trinajstić information content (AvgIpc) is 2.84. The number of ether oxygens (including phenoxy) is 5. The number of amides is 1. The van der Waals surface area contributed by atoms with Gasteiger partial charge < -0.3 is 29.4 Å². The predicted molar refractivity (Wildman–Crippen MR) is 135 cm³/mol. The molecule has 2 aromatic rings. The van der Waals surface area contributed by atoms with Crippen molar-refractivity contribution in [3.8, 4) is 17.2 Å². The van der Waals surface area contributed by atoms with E-state index in [1.54, 1.807) is 6.92 Å². The lowest BCUT2D eigenvalue weighted by molar-refractivity contribution is -0.147. The number of benzene rings is 1. The number of primary amides is 1. The van der Waals surface area contributed by atoms with Gasteiger partial charge in [0.1, 0.15) is 18.5 Å². The smallest absolute Gasteiger partial charge is 0.305 e. The molecule has 10 heteroatoms. The van der Waals surface area contributed by atoms with Gasteiger partial charge in [-0.1, -0.05) is 44.9 Å². The number of carbonyl (C=O) groups is 3. The maximum Gasteiger partial charge on any atom is 0.305 e. The van der Waals surface area contributed by atoms with E-state index in [2.05, 4.69) is 23.6 Å². The summed E-state index contributed by atoms with van der Waals surface area (Å²) in [4.78, 5) is 36.4. The van der Waals surface area contributed by atoms with Crippen molar-refractivity contribution < 1.29 is 38.1 Å². The van der Waals surface area contributed by atoms with Crippen molar-refractivity contribution in [2.45, 2.75) is 60.5 Å². The van der Waals surface area contributed by atoms with Gasteiger partial charge in [0.2, 0.25) is 6.79 Å². The zero-order valence-corrected chi connectivity index (χ0v) is 22.2. The van der Waals surface area contributed by atoms with E-state index in [0.29, 0.717) is 13.0 Å². The molecule has 36 heavy (non-hydrogen) atoms. The number of aromatic nitrogens is 1. The third-order valence-corrected chi connectivity index (χ3v) is 3.91. The van der Waals surface area contributed by atoms with Crippen LogP contribution in [0.2, 0.25) is 0 Å². The Bertz CT molecular complexity index is 932. The van der Waals surface area contributed by atoms with Gasteiger partial charge in [0.05, 0.1) is 7.11 Å². The van der Waals surface area contributed by atoms with Gasteiger partial charge in [0.25, 0.3) is 5.91 Å². The first-order valence-corrected chi connectivity index (χ1v) is 11.6. The topological polar surface area (TPSA) is 136 Å². The summed E-state index contributed by atoms with van der Waals surface area (Å²) in [5.74, 6) is -0.343. The molecule has 0 bridgehead atoms. The van der Waals surface area contributed by atoms with Crippen LogP contribution in [0.25, 0.3) is 0 Å². The fourth-order valence-electron chi connectivity index (χ4n) is 2.27. The lowest BCUT2D eigenvalue weighted by Crippen LogP contribution is -2.21. The quantitative estimate of drug-likeness (QED) is 0.371. The number of hydrogen-bond donors (Lipinski definition) is 1. The zero-order chi connectivity index (χ0) is 27.5. The molecule has 10 nitrogen and oxygen atoms in total. The SMILES string of the molecule is CCC.CCC(=O)OCC(C)Oc1ccc(C)cc1.COc1ccnc(C(N)=O)c1OCOC(C)=O. The van der Waals surface area contributed by atoms with Crippen LogP contribution < -0.4 is 19.9 Å². The molecule has 0 saturated carbocycles. The van der Waals surface area contributed by atoms with Gasteiger partial charge in [0, 0.05) is 25.6 Å². The molecule has 0 radical (unpaired) electrons. The number of nitrogens with two attached hydrogens (primary N) is 1. The van der Waals surface area contributed by atoms with Gasteiger partial charge in [-0.2, -0.15) is 0 Å². The second-order valence-corrected chi connectivity index (χ2v) is 7.44. The molecular weight excluding hydrogens is 468 g/mol. The molecule has 0 aliphatic heterocycles. The van der Waals surface area contributed by atoms with Crippen molar-refractivity contribution in [2.75, 3.05) is 20.5 Å². The Morgan fingerprint density at radius 1 is 1.03 bits per heavy atom. The third kappa shape index (κ3) is 13.8. The van der Waals surface area contributed by atoms with Gasteiger partial charge in [0.15, 0.2) is 17.2 Å². The minimum absolute atomic E-state index is 0.0451. The second kappa shape index (κ2) is 18.5. The number of hydrogen-bond acceptors (Lipinski definition) is 9. The van der Waals surface area contributed by atoms with Crippen molar-refractivity contribution in [3.63, 3.8) is 0 Å². The number of pyridine rings is 1. The Kier molecular flexibility index (Phi) is 16.5. The molecule has 2 rings (SSSR count). The Labute approximate surface area is 213 Å². The van der Waals surface area contributed by atoms with E-state index in [4.69, 9.17) is 24.7 Å². The van der Waals surface area contributed by atoms with Crippen LogP contribution in [-0.2, 0) is 19.1 Å². The van der Waals surface area contributed by atoms with Gasteiger partial charge >= 0.3 is 11.9 Å². The van der Waals surface area contributed by atoms with E-state index in [1.165, 1.54) is 38.3 Å². The highest BCUT2D eigenvalue weighted by Gasteiger charge is 2.16. The summed E-state index contributed by atoms with van der Waals surface area (Å²) < 4.78 is 25.2. The van der Waals surface area contributed by atoms with Crippen LogP contribution in [0, 0.1) is 6.92 Å². The molecule has 0 aliphatic carbocycles. The standard InChI is InChI=1S/C13H18O3.C10H12N2O5.C3H8/c1-4-13(14)15-9-11(3)16-12-7-5-10(2)6-8-12;1-6(13)16-5-17-9-7(15-2)3-4-12-8(9)10(11)14;1-3-2/h5-8,11H,4,9H2,1-3H3;3-4H,5H2,1-2H3,(H2,11,14);3H2,1-2H3. The van der Waals surface area contributed by atoms with Crippen molar-refractivity contribution in [1.29, 1.82) is 0 Å². The van der Waals surface area contributed by atoms with E-state index in [1.807, 2.05) is 38.1 Å². The highest BCUT2D eigenvalue weighted by Crippen LogP contribution is 2.29. The molecule has 1 atom stereocenters. The number of esters is 2. The summed E-state index contributed by atoms with van der Waals surface area (Å²) in [5.41, 5.74) is 6.23. The lowest BCUT2D eigenvalue weighted by atomic mass is 10.2. The molecule has 1 aromatic carbocycles. The fourth-order valence-corrected chi connectivity index (χ4v) is 2.27. The van der Waals surface area contributed by atoms with Crippen molar-refractivity contribution in [3.05, 3.63) is 47.8 Å². The molecule has 0 aliphatic rings. The molecule has 1 unspecified atom stereocenters. The summed E-state index contributed by atoms with van der Waals surface area (Å²) in [6.45, 7) is 11.1. The van der Waals surface area contributed by atoms with Gasteiger partial charge in [-0.15, -0.1) is 0 Å². The van der Waals surface area contributed by atoms with Crippen LogP contribution in [-0.4, -0.2) is 49.4 Å². The normalized spacial score (nSPS) is 10.3. The second-order valence-electron chi connectivity index (χ2n) is 7.44. The predicted octanol–water partition coefficient (Wildman–Crippen LogP) is 4.22. The molecule has 0 spiro atoms. The summed E-state index contributed by atoms with van der Waals surface area (Å²) in [6.07, 6.45) is 2.88. The first-order chi connectivity index (χ1) is 17.1. The summed E-state index contributed by atoms with van der Waals surface area (Å²) in [7, 11) is 1.40. The van der Waals surface area contributed by atoms with E-state index in [-0.39, 0.29) is 36.1 Å². The Morgan fingerprint density at radius 3 is 2.14 bits per heavy atom. The van der Waals surface area contributed by atoms with Crippen LogP contribution in [0.4, 0.5) is 0 Å². The minimum atomic E-state index is -0.762. The molecule has 1 aromatic heterocycles. The third-order valence-electron chi connectivity index (χ3n) is 3.91. The molecular formula is C26H38N2O8. The summed E-state index contributed by atoms with van der Waals surface area (Å²) >= 11 is 0. The van der Waals surface area contributed by atoms with Crippen LogP contribution in [0.5, 0.6) is 17.2 Å².